The molecule has 2 N–H and O–H groups in total. The topological polar surface area (TPSA) is 41.5 Å². The Labute approximate surface area is 108 Å². The summed E-state index contributed by atoms with van der Waals surface area (Å²) >= 11 is 5.94. The third kappa shape index (κ3) is 4.54. The van der Waals surface area contributed by atoms with Gasteiger partial charge in [-0.1, -0.05) is 18.5 Å². The Morgan fingerprint density at radius 1 is 1.35 bits per heavy atom. The van der Waals surface area contributed by atoms with Gasteiger partial charge in [0.1, 0.15) is 18.5 Å². The van der Waals surface area contributed by atoms with E-state index in [0.29, 0.717) is 11.6 Å². The molecule has 1 aromatic rings. The van der Waals surface area contributed by atoms with Crippen molar-refractivity contribution in [2.24, 2.45) is 0 Å². The molecule has 0 aliphatic carbocycles. The van der Waals surface area contributed by atoms with Gasteiger partial charge in [-0.05, 0) is 43.7 Å². The van der Waals surface area contributed by atoms with Gasteiger partial charge >= 0.3 is 0 Å². The number of rotatable bonds is 6. The highest BCUT2D eigenvalue weighted by atomic mass is 35.5. The summed E-state index contributed by atoms with van der Waals surface area (Å²) in [7, 11) is 0. The van der Waals surface area contributed by atoms with Gasteiger partial charge in [0, 0.05) is 11.6 Å². The van der Waals surface area contributed by atoms with Crippen molar-refractivity contribution < 1.29 is 9.84 Å². The fourth-order valence-electron chi connectivity index (χ4n) is 1.67. The number of nitrogens with one attached hydrogen (secondary N) is 1. The second-order valence-electron chi connectivity index (χ2n) is 4.14. The molecule has 1 atom stereocenters. The maximum Gasteiger partial charge on any atom is 0.125 e. The lowest BCUT2D eigenvalue weighted by molar-refractivity contribution is 0.106. The van der Waals surface area contributed by atoms with Crippen LogP contribution in [0.15, 0.2) is 12.1 Å². The lowest BCUT2D eigenvalue weighted by atomic mass is 10.1. The molecular weight excluding hydrogens is 238 g/mol. The number of hydrogen-bond donors (Lipinski definition) is 2. The number of hydrogen-bond acceptors (Lipinski definition) is 3. The van der Waals surface area contributed by atoms with Crippen LogP contribution < -0.4 is 10.1 Å². The van der Waals surface area contributed by atoms with E-state index in [1.807, 2.05) is 32.9 Å². The fraction of sp³-hybridized carbons (Fsp3) is 0.538. The van der Waals surface area contributed by atoms with Crippen LogP contribution in [-0.2, 0) is 0 Å². The average molecular weight is 258 g/mol. The van der Waals surface area contributed by atoms with Gasteiger partial charge in [-0.3, -0.25) is 0 Å². The Morgan fingerprint density at radius 2 is 1.94 bits per heavy atom. The summed E-state index contributed by atoms with van der Waals surface area (Å²) in [4.78, 5) is 0. The van der Waals surface area contributed by atoms with Crippen LogP contribution in [-0.4, -0.2) is 30.9 Å². The van der Waals surface area contributed by atoms with E-state index in [1.54, 1.807) is 0 Å². The Morgan fingerprint density at radius 3 is 2.47 bits per heavy atom. The van der Waals surface area contributed by atoms with E-state index in [4.69, 9.17) is 16.3 Å². The molecular formula is C13H20ClNO2. The lowest BCUT2D eigenvalue weighted by Gasteiger charge is -2.16. The van der Waals surface area contributed by atoms with Gasteiger partial charge in [0.2, 0.25) is 0 Å². The molecule has 0 heterocycles. The van der Waals surface area contributed by atoms with Gasteiger partial charge in [0.15, 0.2) is 0 Å². The third-order valence-corrected chi connectivity index (χ3v) is 2.69. The minimum atomic E-state index is -0.496. The van der Waals surface area contributed by atoms with Crippen molar-refractivity contribution >= 4 is 11.6 Å². The van der Waals surface area contributed by atoms with Gasteiger partial charge < -0.3 is 15.2 Å². The molecule has 0 radical (unpaired) electrons. The fourth-order valence-corrected chi connectivity index (χ4v) is 2.00. The molecule has 0 aliphatic rings. The second-order valence-corrected chi connectivity index (χ2v) is 4.58. The molecule has 1 aromatic carbocycles. The van der Waals surface area contributed by atoms with Crippen LogP contribution in [0, 0.1) is 13.8 Å². The first-order valence-corrected chi connectivity index (χ1v) is 6.20. The summed E-state index contributed by atoms with van der Waals surface area (Å²) in [5, 5.41) is 13.4. The maximum absolute atomic E-state index is 9.66. The van der Waals surface area contributed by atoms with Crippen molar-refractivity contribution in [2.45, 2.75) is 26.9 Å². The summed E-state index contributed by atoms with van der Waals surface area (Å²) in [6, 6.07) is 3.72. The molecule has 1 unspecified atom stereocenters. The van der Waals surface area contributed by atoms with Crippen LogP contribution in [0.25, 0.3) is 0 Å². The number of ether oxygens (including phenoxy) is 1. The Balaban J connectivity index is 2.57. The molecule has 96 valence electrons. The molecule has 0 amide bonds. The van der Waals surface area contributed by atoms with Crippen molar-refractivity contribution in [3.05, 3.63) is 28.3 Å². The Kier molecular flexibility index (Phi) is 5.75. The van der Waals surface area contributed by atoms with Crippen molar-refractivity contribution in [1.29, 1.82) is 0 Å². The van der Waals surface area contributed by atoms with Crippen LogP contribution >= 0.6 is 11.6 Å². The first-order valence-electron chi connectivity index (χ1n) is 5.83. The van der Waals surface area contributed by atoms with Crippen LogP contribution in [0.3, 0.4) is 0 Å². The van der Waals surface area contributed by atoms with Crippen molar-refractivity contribution in [2.75, 3.05) is 19.7 Å². The molecule has 1 rings (SSSR count). The molecule has 17 heavy (non-hydrogen) atoms. The maximum atomic E-state index is 9.66. The molecule has 0 bridgehead atoms. The summed E-state index contributed by atoms with van der Waals surface area (Å²) in [6.45, 7) is 7.57. The monoisotopic (exact) mass is 257 g/mol. The molecule has 0 fully saturated rings. The molecule has 3 nitrogen and oxygen atoms in total. The number of aliphatic hydroxyl groups is 1. The van der Waals surface area contributed by atoms with Crippen LogP contribution in [0.2, 0.25) is 5.02 Å². The normalized spacial score (nSPS) is 12.5. The standard InChI is InChI=1S/C13H20ClNO2/c1-4-15-7-12(16)8-17-13-9(2)5-11(14)6-10(13)3/h5-6,12,15-16H,4,7-8H2,1-3H3. The molecule has 0 aromatic heterocycles. The SMILES string of the molecule is CCNCC(O)COc1c(C)cc(Cl)cc1C. The summed E-state index contributed by atoms with van der Waals surface area (Å²) in [5.41, 5.74) is 1.98. The highest BCUT2D eigenvalue weighted by molar-refractivity contribution is 6.30. The van der Waals surface area contributed by atoms with E-state index >= 15 is 0 Å². The molecule has 0 aliphatic heterocycles. The largest absolute Gasteiger partial charge is 0.490 e. The van der Waals surface area contributed by atoms with Gasteiger partial charge in [-0.25, -0.2) is 0 Å². The zero-order valence-electron chi connectivity index (χ0n) is 10.6. The first kappa shape index (κ1) is 14.3. The Hall–Kier alpha value is -0.770. The average Bonchev–Trinajstić information content (AvgIpc) is 2.24. The number of halogens is 1. The minimum absolute atomic E-state index is 0.288. The second kappa shape index (κ2) is 6.84. The molecule has 0 saturated carbocycles. The van der Waals surface area contributed by atoms with Crippen LogP contribution in [0.1, 0.15) is 18.1 Å². The number of benzene rings is 1. The molecule has 0 spiro atoms. The highest BCUT2D eigenvalue weighted by Gasteiger charge is 2.09. The lowest BCUT2D eigenvalue weighted by Crippen LogP contribution is -2.31. The minimum Gasteiger partial charge on any atom is -0.490 e. The smallest absolute Gasteiger partial charge is 0.125 e. The first-order chi connectivity index (χ1) is 8.04. The summed E-state index contributed by atoms with van der Waals surface area (Å²) < 4.78 is 5.63. The van der Waals surface area contributed by atoms with E-state index < -0.39 is 6.10 Å². The van der Waals surface area contributed by atoms with Gasteiger partial charge in [0.25, 0.3) is 0 Å². The van der Waals surface area contributed by atoms with Crippen LogP contribution in [0.4, 0.5) is 0 Å². The summed E-state index contributed by atoms with van der Waals surface area (Å²) in [5.74, 6) is 0.810. The van der Waals surface area contributed by atoms with Crippen molar-refractivity contribution in [3.8, 4) is 5.75 Å². The predicted molar refractivity (Wildman–Crippen MR) is 71.0 cm³/mol. The van der Waals surface area contributed by atoms with Crippen molar-refractivity contribution in [1.82, 2.24) is 5.32 Å². The number of likely N-dealkylation sites (N-methyl/N-ethyl adjacent to an activating group) is 1. The zero-order chi connectivity index (χ0) is 12.8. The van der Waals surface area contributed by atoms with Gasteiger partial charge in [0.05, 0.1) is 0 Å². The predicted octanol–water partition coefficient (Wildman–Crippen LogP) is 2.31. The molecule has 4 heteroatoms. The number of aliphatic hydroxyl groups excluding tert-OH is 1. The van der Waals surface area contributed by atoms with E-state index in [0.717, 1.165) is 23.4 Å². The molecule has 0 saturated heterocycles. The van der Waals surface area contributed by atoms with E-state index in [2.05, 4.69) is 5.32 Å². The Bertz CT molecular complexity index is 345. The quantitative estimate of drug-likeness (QED) is 0.822. The van der Waals surface area contributed by atoms with Gasteiger partial charge in [-0.15, -0.1) is 0 Å². The summed E-state index contributed by atoms with van der Waals surface area (Å²) in [6.07, 6.45) is -0.496. The van der Waals surface area contributed by atoms with E-state index in [9.17, 15) is 5.11 Å². The van der Waals surface area contributed by atoms with Crippen molar-refractivity contribution in [3.63, 3.8) is 0 Å². The third-order valence-electron chi connectivity index (χ3n) is 2.48. The highest BCUT2D eigenvalue weighted by Crippen LogP contribution is 2.27. The number of aryl methyl sites for hydroxylation is 2. The van der Waals surface area contributed by atoms with Crippen LogP contribution in [0.5, 0.6) is 5.75 Å². The van der Waals surface area contributed by atoms with E-state index in [-0.39, 0.29) is 6.61 Å². The zero-order valence-corrected chi connectivity index (χ0v) is 11.3. The van der Waals surface area contributed by atoms with E-state index in [1.165, 1.54) is 0 Å². The van der Waals surface area contributed by atoms with Gasteiger partial charge in [-0.2, -0.15) is 0 Å².